The zero-order valence-electron chi connectivity index (χ0n) is 15.4. The molecule has 0 saturated carbocycles. The summed E-state index contributed by atoms with van der Waals surface area (Å²) in [5.74, 6) is 8.35. The molecule has 0 aliphatic carbocycles. The Kier molecular flexibility index (Phi) is 5.01. The van der Waals surface area contributed by atoms with Gasteiger partial charge in [0.15, 0.2) is 0 Å². The lowest BCUT2D eigenvalue weighted by atomic mass is 10.0. The summed E-state index contributed by atoms with van der Waals surface area (Å²) in [5.41, 5.74) is 5.07. The largest absolute Gasteiger partial charge is 0.299 e. The maximum Gasteiger partial charge on any atom is 0.143 e. The van der Waals surface area contributed by atoms with Crippen molar-refractivity contribution in [1.82, 2.24) is 4.98 Å². The minimum atomic E-state index is -0.295. The number of hydrogen-bond donors (Lipinski definition) is 0. The van der Waals surface area contributed by atoms with Gasteiger partial charge in [-0.15, -0.1) is 6.42 Å². The van der Waals surface area contributed by atoms with E-state index in [1.165, 1.54) is 12.1 Å². The summed E-state index contributed by atoms with van der Waals surface area (Å²) in [4.78, 5) is 21.3. The smallest absolute Gasteiger partial charge is 0.143 e. The van der Waals surface area contributed by atoms with Gasteiger partial charge in [-0.2, -0.15) is 0 Å². The van der Waals surface area contributed by atoms with Gasteiger partial charge in [-0.05, 0) is 60.2 Å². The second-order valence-corrected chi connectivity index (χ2v) is 6.63. The number of terminal acetylenes is 1. The van der Waals surface area contributed by atoms with Crippen molar-refractivity contribution in [3.63, 3.8) is 0 Å². The van der Waals surface area contributed by atoms with Gasteiger partial charge in [0.1, 0.15) is 17.3 Å². The first-order valence-corrected chi connectivity index (χ1v) is 9.03. The molecule has 138 valence electrons. The lowest BCUT2D eigenvalue weighted by Crippen LogP contribution is -2.09. The fourth-order valence-electron chi connectivity index (χ4n) is 3.09. The molecule has 4 heteroatoms. The molecule has 0 unspecified atom stereocenters. The third-order valence-electron chi connectivity index (χ3n) is 4.52. The highest BCUT2D eigenvalue weighted by Gasteiger charge is 2.18. The van der Waals surface area contributed by atoms with Gasteiger partial charge in [-0.25, -0.2) is 9.37 Å². The van der Waals surface area contributed by atoms with Crippen molar-refractivity contribution < 1.29 is 9.18 Å². The average molecular weight is 378 g/mol. The highest BCUT2D eigenvalue weighted by Crippen LogP contribution is 2.27. The molecule has 0 saturated heterocycles. The summed E-state index contributed by atoms with van der Waals surface area (Å²) in [5, 5.41) is 0. The van der Waals surface area contributed by atoms with E-state index in [2.05, 4.69) is 22.7 Å². The Morgan fingerprint density at radius 2 is 1.69 bits per heavy atom. The van der Waals surface area contributed by atoms with Crippen molar-refractivity contribution in [2.45, 2.75) is 12.8 Å². The van der Waals surface area contributed by atoms with Crippen LogP contribution in [-0.4, -0.2) is 16.5 Å². The van der Waals surface area contributed by atoms with Gasteiger partial charge in [0.05, 0.1) is 11.4 Å². The van der Waals surface area contributed by atoms with E-state index in [-0.39, 0.29) is 18.0 Å². The minimum absolute atomic E-state index is 0.0743. The van der Waals surface area contributed by atoms with Crippen molar-refractivity contribution in [2.24, 2.45) is 4.99 Å². The van der Waals surface area contributed by atoms with Gasteiger partial charge in [0.2, 0.25) is 0 Å². The van der Waals surface area contributed by atoms with Gasteiger partial charge in [0, 0.05) is 35.7 Å². The Hall–Kier alpha value is -4.02. The number of rotatable bonds is 1. The molecule has 0 amide bonds. The molecule has 4 rings (SSSR count). The van der Waals surface area contributed by atoms with Gasteiger partial charge >= 0.3 is 0 Å². The first kappa shape index (κ1) is 18.3. The zero-order valence-corrected chi connectivity index (χ0v) is 15.4. The molecule has 1 aromatic heterocycles. The van der Waals surface area contributed by atoms with Crippen molar-refractivity contribution in [3.8, 4) is 24.2 Å². The molecular weight excluding hydrogens is 363 g/mol. The summed E-state index contributed by atoms with van der Waals surface area (Å²) in [7, 11) is 0. The summed E-state index contributed by atoms with van der Waals surface area (Å²) in [6.07, 6.45) is 7.58. The molecule has 2 aromatic carbocycles. The molecule has 0 spiro atoms. The van der Waals surface area contributed by atoms with E-state index in [0.29, 0.717) is 17.8 Å². The van der Waals surface area contributed by atoms with E-state index in [9.17, 15) is 9.18 Å². The summed E-state index contributed by atoms with van der Waals surface area (Å²) in [6, 6.07) is 15.2. The van der Waals surface area contributed by atoms with Crippen LogP contribution in [0.25, 0.3) is 0 Å². The monoisotopic (exact) mass is 378 g/mol. The summed E-state index contributed by atoms with van der Waals surface area (Å²) >= 11 is 0. The second kappa shape index (κ2) is 7.92. The van der Waals surface area contributed by atoms with E-state index >= 15 is 0 Å². The number of hydrogen-bond acceptors (Lipinski definition) is 3. The van der Waals surface area contributed by atoms with Crippen LogP contribution in [0, 0.1) is 30.0 Å². The normalized spacial score (nSPS) is 12.7. The molecule has 3 nitrogen and oxygen atoms in total. The molecule has 0 atom stereocenters. The van der Waals surface area contributed by atoms with Crippen LogP contribution < -0.4 is 0 Å². The van der Waals surface area contributed by atoms with Crippen LogP contribution in [0.1, 0.15) is 34.4 Å². The van der Waals surface area contributed by atoms with Crippen LogP contribution in [0.4, 0.5) is 10.1 Å². The van der Waals surface area contributed by atoms with Crippen molar-refractivity contribution in [3.05, 3.63) is 94.6 Å². The van der Waals surface area contributed by atoms with Gasteiger partial charge in [-0.1, -0.05) is 17.8 Å². The number of Topliss-reactive ketones (excluding diaryl/α,β-unsaturated/α-hetero) is 1. The van der Waals surface area contributed by atoms with Gasteiger partial charge < -0.3 is 0 Å². The third-order valence-corrected chi connectivity index (χ3v) is 4.52. The van der Waals surface area contributed by atoms with Crippen molar-refractivity contribution in [1.29, 1.82) is 0 Å². The van der Waals surface area contributed by atoms with Crippen molar-refractivity contribution >= 4 is 17.2 Å². The predicted molar refractivity (Wildman–Crippen MR) is 111 cm³/mol. The molecule has 1 aliphatic rings. The quantitative estimate of drug-likeness (QED) is 0.595. The average Bonchev–Trinajstić information content (AvgIpc) is 2.91. The maximum atomic E-state index is 13.0. The van der Waals surface area contributed by atoms with Crippen LogP contribution in [0.2, 0.25) is 0 Å². The van der Waals surface area contributed by atoms with Gasteiger partial charge in [0.25, 0.3) is 0 Å². The number of benzene rings is 2. The van der Waals surface area contributed by atoms with Crippen LogP contribution >= 0.6 is 0 Å². The van der Waals surface area contributed by atoms with E-state index in [0.717, 1.165) is 27.9 Å². The van der Waals surface area contributed by atoms with Crippen LogP contribution in [0.5, 0.6) is 0 Å². The number of ketones is 1. The number of pyridine rings is 1. The Morgan fingerprint density at radius 3 is 2.48 bits per heavy atom. The second-order valence-electron chi connectivity index (χ2n) is 6.63. The molecule has 1 aliphatic heterocycles. The first-order valence-electron chi connectivity index (χ1n) is 9.03. The maximum absolute atomic E-state index is 13.0. The predicted octanol–water partition coefficient (Wildman–Crippen LogP) is 4.24. The number of carbonyl (C=O) groups is 1. The highest BCUT2D eigenvalue weighted by atomic mass is 19.1. The number of halogens is 1. The molecule has 0 N–H and O–H groups in total. The number of fused-ring (bicyclic) bond motifs is 1. The molecule has 0 radical (unpaired) electrons. The molecule has 0 bridgehead atoms. The standard InChI is InChI=1S/C25H15FN2O/c1-2-22-14-19(11-12-27-22)25-16-23(29)15-20-13-18(7-10-24(20)28-25)4-3-17-5-8-21(26)9-6-17/h1,5-14H,15-16H2. The fourth-order valence-corrected chi connectivity index (χ4v) is 3.09. The van der Waals surface area contributed by atoms with E-state index in [1.807, 2.05) is 18.2 Å². The number of carbonyl (C=O) groups excluding carboxylic acids is 1. The first-order chi connectivity index (χ1) is 14.1. The lowest BCUT2D eigenvalue weighted by Gasteiger charge is -2.04. The molecule has 3 aromatic rings. The summed E-state index contributed by atoms with van der Waals surface area (Å²) in [6.45, 7) is 0. The molecule has 29 heavy (non-hydrogen) atoms. The molecule has 2 heterocycles. The van der Waals surface area contributed by atoms with E-state index in [4.69, 9.17) is 11.4 Å². The molecular formula is C25H15FN2O. The Morgan fingerprint density at radius 1 is 0.931 bits per heavy atom. The number of aromatic nitrogens is 1. The third kappa shape index (κ3) is 4.29. The van der Waals surface area contributed by atoms with Gasteiger partial charge in [-0.3, -0.25) is 9.79 Å². The van der Waals surface area contributed by atoms with Crippen LogP contribution in [0.3, 0.4) is 0 Å². The van der Waals surface area contributed by atoms with E-state index < -0.39 is 0 Å². The fraction of sp³-hybridized carbons (Fsp3) is 0.0800. The SMILES string of the molecule is C#Cc1cc(C2=Nc3ccc(C#Cc4ccc(F)cc4)cc3CC(=O)C2)ccn1. The Labute approximate surface area is 168 Å². The molecule has 0 fully saturated rings. The lowest BCUT2D eigenvalue weighted by molar-refractivity contribution is -0.117. The van der Waals surface area contributed by atoms with E-state index in [1.54, 1.807) is 30.5 Å². The zero-order chi connectivity index (χ0) is 20.2. The Bertz CT molecular complexity index is 1240. The Balaban J connectivity index is 1.68. The highest BCUT2D eigenvalue weighted by molar-refractivity contribution is 6.13. The summed E-state index contributed by atoms with van der Waals surface area (Å²) < 4.78 is 13.0. The van der Waals surface area contributed by atoms with Crippen LogP contribution in [0.15, 0.2) is 65.8 Å². The van der Waals surface area contributed by atoms with Crippen LogP contribution in [-0.2, 0) is 11.2 Å². The topological polar surface area (TPSA) is 42.3 Å². The number of aliphatic imine (C=N–C) groups is 1. The number of nitrogens with zero attached hydrogens (tertiary/aromatic N) is 2. The minimum Gasteiger partial charge on any atom is -0.299 e. The van der Waals surface area contributed by atoms with Crippen molar-refractivity contribution in [2.75, 3.05) is 0 Å².